The van der Waals surface area contributed by atoms with Crippen molar-refractivity contribution in [2.75, 3.05) is 13.2 Å². The Bertz CT molecular complexity index is 890. The summed E-state index contributed by atoms with van der Waals surface area (Å²) >= 11 is 0. The Kier molecular flexibility index (Phi) is 26.6. The average Bonchev–Trinajstić information content (AvgIpc) is 3.02. The summed E-state index contributed by atoms with van der Waals surface area (Å²) < 4.78 is 12.4. The molecule has 0 saturated carbocycles. The minimum absolute atomic E-state index is 0.693. The fraction of sp³-hybridized carbons (Fsp3) is 0.851. The van der Waals surface area contributed by atoms with Crippen LogP contribution in [0.3, 0.4) is 0 Å². The van der Waals surface area contributed by atoms with Crippen molar-refractivity contribution in [3.8, 4) is 11.5 Å². The van der Waals surface area contributed by atoms with Gasteiger partial charge in [-0.15, -0.1) is 0 Å². The molecule has 1 aromatic carbocycles. The third-order valence-electron chi connectivity index (χ3n) is 11.3. The van der Waals surface area contributed by atoms with Crippen molar-refractivity contribution in [3.63, 3.8) is 0 Å². The third kappa shape index (κ3) is 26.3. The molecule has 0 bridgehead atoms. The summed E-state index contributed by atoms with van der Waals surface area (Å²) in [5.41, 5.74) is 0.950. The minimum Gasteiger partial charge on any atom is -0.493 e. The van der Waals surface area contributed by atoms with E-state index in [-0.39, 0.29) is 0 Å². The first-order valence-corrected chi connectivity index (χ1v) is 21.6. The molecule has 0 aliphatic heterocycles. The van der Waals surface area contributed by atoms with Gasteiger partial charge in [0, 0.05) is 6.07 Å². The second kappa shape index (κ2) is 28.4. The summed E-state index contributed by atoms with van der Waals surface area (Å²) in [6.07, 6.45) is 27.1. The molecule has 0 amide bonds. The van der Waals surface area contributed by atoms with Crippen LogP contribution in [0.2, 0.25) is 0 Å². The van der Waals surface area contributed by atoms with E-state index >= 15 is 0 Å². The SMILES string of the molecule is [CH2]c1ccc(OCCC(C)CCC[C@H](C)CCC[C@H](C)CCCC(C)C)cc1OCCC(C)CCC[C@H](C)CCC[C@H](C)CCCC(C)C. The molecule has 1 radical (unpaired) electrons. The maximum absolute atomic E-state index is 6.22. The molecular formula is C47H87O2. The van der Waals surface area contributed by atoms with Gasteiger partial charge in [0.15, 0.2) is 0 Å². The fourth-order valence-electron chi connectivity index (χ4n) is 7.38. The largest absolute Gasteiger partial charge is 0.493 e. The number of ether oxygens (including phenoxy) is 2. The first-order chi connectivity index (χ1) is 23.3. The Morgan fingerprint density at radius 2 is 0.714 bits per heavy atom. The lowest BCUT2D eigenvalue weighted by atomic mass is 9.91. The predicted molar refractivity (Wildman–Crippen MR) is 219 cm³/mol. The highest BCUT2D eigenvalue weighted by molar-refractivity contribution is 5.42. The number of rotatable bonds is 32. The van der Waals surface area contributed by atoms with Gasteiger partial charge in [-0.1, -0.05) is 191 Å². The van der Waals surface area contributed by atoms with E-state index in [9.17, 15) is 0 Å². The summed E-state index contributed by atoms with van der Waals surface area (Å²) in [7, 11) is 0. The summed E-state index contributed by atoms with van der Waals surface area (Å²) in [5.74, 6) is 8.39. The number of hydrogen-bond donors (Lipinski definition) is 0. The monoisotopic (exact) mass is 684 g/mol. The molecule has 2 nitrogen and oxygen atoms in total. The van der Waals surface area contributed by atoms with E-state index in [1.165, 1.54) is 116 Å². The zero-order valence-electron chi connectivity index (χ0n) is 34.9. The van der Waals surface area contributed by atoms with Gasteiger partial charge in [-0.25, -0.2) is 0 Å². The molecule has 6 atom stereocenters. The summed E-state index contributed by atoms with van der Waals surface area (Å²) in [6, 6.07) is 6.14. The first-order valence-electron chi connectivity index (χ1n) is 21.6. The zero-order valence-corrected chi connectivity index (χ0v) is 34.9. The molecular weight excluding hydrogens is 597 g/mol. The molecule has 0 aliphatic rings. The van der Waals surface area contributed by atoms with Gasteiger partial charge >= 0.3 is 0 Å². The van der Waals surface area contributed by atoms with E-state index in [0.29, 0.717) is 11.8 Å². The molecule has 0 spiro atoms. The Morgan fingerprint density at radius 1 is 0.408 bits per heavy atom. The fourth-order valence-corrected chi connectivity index (χ4v) is 7.38. The third-order valence-corrected chi connectivity index (χ3v) is 11.3. The van der Waals surface area contributed by atoms with Crippen LogP contribution in [0.15, 0.2) is 18.2 Å². The molecule has 1 aromatic rings. The standard InChI is InChI=1S/C47H87O2/c1-37(2)18-12-20-39(5)22-14-24-41(7)26-16-28-43(9)32-34-48-46-31-30-45(11)47(36-46)49-35-33-44(10)29-17-27-42(8)25-15-23-40(6)21-13-19-38(3)4/h30-31,36-44H,11-29,32-35H2,1-10H3/t39-,40-,41-,42-,43?,44?/m1/s1. The molecule has 2 unspecified atom stereocenters. The highest BCUT2D eigenvalue weighted by atomic mass is 16.5. The molecule has 49 heavy (non-hydrogen) atoms. The predicted octanol–water partition coefficient (Wildman–Crippen LogP) is 15.6. The number of hydrogen-bond acceptors (Lipinski definition) is 2. The second-order valence-corrected chi connectivity index (χ2v) is 18.0. The quantitative estimate of drug-likeness (QED) is 0.0752. The van der Waals surface area contributed by atoms with Crippen molar-refractivity contribution in [1.29, 1.82) is 0 Å². The lowest BCUT2D eigenvalue weighted by Gasteiger charge is -2.17. The maximum atomic E-state index is 6.22. The van der Waals surface area contributed by atoms with E-state index in [4.69, 9.17) is 9.47 Å². The van der Waals surface area contributed by atoms with Gasteiger partial charge in [0.1, 0.15) is 11.5 Å². The van der Waals surface area contributed by atoms with E-state index in [2.05, 4.69) is 82.2 Å². The van der Waals surface area contributed by atoms with Crippen LogP contribution in [0, 0.1) is 54.3 Å². The van der Waals surface area contributed by atoms with Crippen molar-refractivity contribution < 1.29 is 9.47 Å². The zero-order chi connectivity index (χ0) is 36.4. The molecule has 0 fully saturated rings. The summed E-state index contributed by atoms with van der Waals surface area (Å²) in [5, 5.41) is 0. The van der Waals surface area contributed by atoms with E-state index in [1.807, 2.05) is 12.1 Å². The molecule has 0 heterocycles. The van der Waals surface area contributed by atoms with Crippen LogP contribution in [0.4, 0.5) is 0 Å². The lowest BCUT2D eigenvalue weighted by Crippen LogP contribution is -2.07. The molecule has 1 rings (SSSR count). The topological polar surface area (TPSA) is 18.5 Å². The van der Waals surface area contributed by atoms with Crippen LogP contribution < -0.4 is 9.47 Å². The highest BCUT2D eigenvalue weighted by Gasteiger charge is 2.11. The van der Waals surface area contributed by atoms with Crippen LogP contribution >= 0.6 is 0 Å². The normalized spacial score (nSPS) is 15.7. The van der Waals surface area contributed by atoms with E-state index in [1.54, 1.807) is 0 Å². The highest BCUT2D eigenvalue weighted by Crippen LogP contribution is 2.27. The van der Waals surface area contributed by atoms with E-state index < -0.39 is 0 Å². The van der Waals surface area contributed by atoms with Crippen molar-refractivity contribution in [1.82, 2.24) is 0 Å². The maximum Gasteiger partial charge on any atom is 0.126 e. The Labute approximate surface area is 309 Å². The molecule has 2 heteroatoms. The van der Waals surface area contributed by atoms with Crippen LogP contribution in [-0.2, 0) is 0 Å². The summed E-state index contributed by atoms with van der Waals surface area (Å²) in [4.78, 5) is 0. The van der Waals surface area contributed by atoms with E-state index in [0.717, 1.165) is 78.6 Å². The van der Waals surface area contributed by atoms with Crippen LogP contribution in [0.1, 0.15) is 203 Å². The lowest BCUT2D eigenvalue weighted by molar-refractivity contribution is 0.262. The van der Waals surface area contributed by atoms with Crippen LogP contribution in [-0.4, -0.2) is 13.2 Å². The molecule has 287 valence electrons. The molecule has 0 aromatic heterocycles. The van der Waals surface area contributed by atoms with Crippen LogP contribution in [0.25, 0.3) is 0 Å². The van der Waals surface area contributed by atoms with Crippen molar-refractivity contribution >= 4 is 0 Å². The van der Waals surface area contributed by atoms with Gasteiger partial charge in [-0.2, -0.15) is 0 Å². The van der Waals surface area contributed by atoms with Crippen molar-refractivity contribution in [2.45, 2.75) is 198 Å². The van der Waals surface area contributed by atoms with Gasteiger partial charge in [-0.05, 0) is 78.7 Å². The molecule has 0 aliphatic carbocycles. The first kappa shape index (κ1) is 45.8. The average molecular weight is 684 g/mol. The minimum atomic E-state index is 0.693. The Hall–Kier alpha value is -1.18. The number of benzene rings is 1. The van der Waals surface area contributed by atoms with Gasteiger partial charge in [0.2, 0.25) is 0 Å². The van der Waals surface area contributed by atoms with Crippen LogP contribution in [0.5, 0.6) is 11.5 Å². The Balaban J connectivity index is 2.16. The van der Waals surface area contributed by atoms with Crippen molar-refractivity contribution in [2.24, 2.45) is 47.3 Å². The van der Waals surface area contributed by atoms with Gasteiger partial charge < -0.3 is 9.47 Å². The molecule has 0 N–H and O–H groups in total. The summed E-state index contributed by atoms with van der Waals surface area (Å²) in [6.45, 7) is 29.7. The van der Waals surface area contributed by atoms with Crippen molar-refractivity contribution in [3.05, 3.63) is 30.7 Å². The van der Waals surface area contributed by atoms with Gasteiger partial charge in [-0.3, -0.25) is 0 Å². The smallest absolute Gasteiger partial charge is 0.126 e. The molecule has 0 saturated heterocycles. The van der Waals surface area contributed by atoms with Gasteiger partial charge in [0.05, 0.1) is 13.2 Å². The van der Waals surface area contributed by atoms with Gasteiger partial charge in [0.25, 0.3) is 0 Å². The second-order valence-electron chi connectivity index (χ2n) is 18.0. The Morgan fingerprint density at radius 3 is 1.06 bits per heavy atom.